The SMILES string of the molecule is NCc1ccc(-c2ccc(NN)cc2)cc1. The molecule has 5 N–H and O–H groups in total. The quantitative estimate of drug-likeness (QED) is 0.540. The molecule has 0 aliphatic rings. The molecule has 0 heterocycles. The molecule has 2 aromatic carbocycles. The van der Waals surface area contributed by atoms with Crippen molar-refractivity contribution in [3.8, 4) is 11.1 Å². The van der Waals surface area contributed by atoms with Crippen LogP contribution in [0.25, 0.3) is 11.1 Å². The van der Waals surface area contributed by atoms with Crippen molar-refractivity contribution >= 4 is 5.69 Å². The number of anilines is 1. The predicted molar refractivity (Wildman–Crippen MR) is 67.6 cm³/mol. The van der Waals surface area contributed by atoms with Crippen molar-refractivity contribution in [2.24, 2.45) is 11.6 Å². The van der Waals surface area contributed by atoms with Gasteiger partial charge in [-0.15, -0.1) is 0 Å². The monoisotopic (exact) mass is 213 g/mol. The molecule has 0 spiro atoms. The molecule has 2 aromatic rings. The lowest BCUT2D eigenvalue weighted by Gasteiger charge is -2.04. The van der Waals surface area contributed by atoms with Crippen molar-refractivity contribution in [3.63, 3.8) is 0 Å². The standard InChI is InChI=1S/C13H15N3/c14-9-10-1-3-11(4-2-10)12-5-7-13(16-15)8-6-12/h1-8,16H,9,14-15H2. The molecule has 0 bridgehead atoms. The molecule has 16 heavy (non-hydrogen) atoms. The number of benzene rings is 2. The highest BCUT2D eigenvalue weighted by atomic mass is 15.2. The molecule has 0 aromatic heterocycles. The molecule has 3 heteroatoms. The van der Waals surface area contributed by atoms with Gasteiger partial charge in [0.25, 0.3) is 0 Å². The summed E-state index contributed by atoms with van der Waals surface area (Å²) in [5, 5.41) is 0. The van der Waals surface area contributed by atoms with Gasteiger partial charge in [-0.05, 0) is 28.8 Å². The zero-order chi connectivity index (χ0) is 11.4. The Morgan fingerprint density at radius 3 is 1.75 bits per heavy atom. The van der Waals surface area contributed by atoms with Crippen molar-refractivity contribution in [1.82, 2.24) is 0 Å². The molecule has 0 aliphatic heterocycles. The summed E-state index contributed by atoms with van der Waals surface area (Å²) in [4.78, 5) is 0. The van der Waals surface area contributed by atoms with Crippen LogP contribution in [0.15, 0.2) is 48.5 Å². The van der Waals surface area contributed by atoms with Gasteiger partial charge in [-0.1, -0.05) is 36.4 Å². The van der Waals surface area contributed by atoms with Gasteiger partial charge < -0.3 is 11.2 Å². The van der Waals surface area contributed by atoms with E-state index in [1.54, 1.807) is 0 Å². The first-order valence-electron chi connectivity index (χ1n) is 5.19. The maximum Gasteiger partial charge on any atom is 0.0485 e. The molecule has 0 unspecified atom stereocenters. The van der Waals surface area contributed by atoms with Crippen LogP contribution < -0.4 is 17.0 Å². The highest BCUT2D eigenvalue weighted by molar-refractivity contribution is 5.66. The fraction of sp³-hybridized carbons (Fsp3) is 0.0769. The lowest BCUT2D eigenvalue weighted by molar-refractivity contribution is 1.07. The first-order valence-corrected chi connectivity index (χ1v) is 5.19. The lowest BCUT2D eigenvalue weighted by Crippen LogP contribution is -2.05. The van der Waals surface area contributed by atoms with Crippen LogP contribution in [0.1, 0.15) is 5.56 Å². The minimum atomic E-state index is 0.580. The van der Waals surface area contributed by atoms with Crippen LogP contribution in [-0.4, -0.2) is 0 Å². The van der Waals surface area contributed by atoms with Crippen molar-refractivity contribution < 1.29 is 0 Å². The van der Waals surface area contributed by atoms with E-state index in [1.807, 2.05) is 36.4 Å². The molecule has 0 amide bonds. The van der Waals surface area contributed by atoms with E-state index in [1.165, 1.54) is 11.1 Å². The summed E-state index contributed by atoms with van der Waals surface area (Å²) >= 11 is 0. The molecule has 0 saturated heterocycles. The van der Waals surface area contributed by atoms with Crippen LogP contribution in [0.2, 0.25) is 0 Å². The highest BCUT2D eigenvalue weighted by Crippen LogP contribution is 2.21. The van der Waals surface area contributed by atoms with E-state index in [9.17, 15) is 0 Å². The minimum Gasteiger partial charge on any atom is -0.326 e. The summed E-state index contributed by atoms with van der Waals surface area (Å²) < 4.78 is 0. The number of nitrogens with one attached hydrogen (secondary N) is 1. The molecule has 0 saturated carbocycles. The Morgan fingerprint density at radius 1 is 0.812 bits per heavy atom. The van der Waals surface area contributed by atoms with Crippen LogP contribution in [0.5, 0.6) is 0 Å². The normalized spacial score (nSPS) is 10.1. The Balaban J connectivity index is 2.28. The van der Waals surface area contributed by atoms with Gasteiger partial charge in [0.15, 0.2) is 0 Å². The van der Waals surface area contributed by atoms with E-state index in [0.717, 1.165) is 11.3 Å². The second-order valence-corrected chi connectivity index (χ2v) is 3.62. The number of nitrogen functional groups attached to an aromatic ring is 1. The van der Waals surface area contributed by atoms with Gasteiger partial charge in [-0.3, -0.25) is 5.84 Å². The first-order chi connectivity index (χ1) is 7.83. The molecular weight excluding hydrogens is 198 g/mol. The van der Waals surface area contributed by atoms with Gasteiger partial charge in [-0.2, -0.15) is 0 Å². The van der Waals surface area contributed by atoms with Gasteiger partial charge in [0.2, 0.25) is 0 Å². The Morgan fingerprint density at radius 2 is 1.31 bits per heavy atom. The summed E-state index contributed by atoms with van der Waals surface area (Å²) in [6.07, 6.45) is 0. The Kier molecular flexibility index (Phi) is 3.19. The number of hydrogen-bond donors (Lipinski definition) is 3. The summed E-state index contributed by atoms with van der Waals surface area (Å²) in [5.41, 5.74) is 12.6. The second kappa shape index (κ2) is 4.79. The van der Waals surface area contributed by atoms with Gasteiger partial charge in [-0.25, -0.2) is 0 Å². The van der Waals surface area contributed by atoms with E-state index in [4.69, 9.17) is 11.6 Å². The van der Waals surface area contributed by atoms with Gasteiger partial charge in [0, 0.05) is 12.2 Å². The smallest absolute Gasteiger partial charge is 0.0485 e. The molecule has 3 nitrogen and oxygen atoms in total. The maximum absolute atomic E-state index is 5.55. The third-order valence-corrected chi connectivity index (χ3v) is 2.57. The summed E-state index contributed by atoms with van der Waals surface area (Å²) in [6, 6.07) is 16.2. The van der Waals surface area contributed by atoms with Crippen LogP contribution >= 0.6 is 0 Å². The van der Waals surface area contributed by atoms with E-state index >= 15 is 0 Å². The van der Waals surface area contributed by atoms with E-state index in [0.29, 0.717) is 6.54 Å². The third-order valence-electron chi connectivity index (χ3n) is 2.57. The number of rotatable bonds is 3. The summed E-state index contributed by atoms with van der Waals surface area (Å²) in [7, 11) is 0. The number of hydrogen-bond acceptors (Lipinski definition) is 3. The van der Waals surface area contributed by atoms with E-state index < -0.39 is 0 Å². The Labute approximate surface area is 95.1 Å². The predicted octanol–water partition coefficient (Wildman–Crippen LogP) is 2.10. The van der Waals surface area contributed by atoms with Crippen molar-refractivity contribution in [1.29, 1.82) is 0 Å². The molecule has 2 rings (SSSR count). The molecule has 0 fully saturated rings. The topological polar surface area (TPSA) is 64.1 Å². The van der Waals surface area contributed by atoms with Crippen LogP contribution in [-0.2, 0) is 6.54 Å². The summed E-state index contributed by atoms with van der Waals surface area (Å²) in [5.74, 6) is 5.31. The highest BCUT2D eigenvalue weighted by Gasteiger charge is 1.97. The molecule has 0 atom stereocenters. The van der Waals surface area contributed by atoms with E-state index in [2.05, 4.69) is 17.6 Å². The zero-order valence-electron chi connectivity index (χ0n) is 8.98. The fourth-order valence-electron chi connectivity index (χ4n) is 1.59. The van der Waals surface area contributed by atoms with Crippen LogP contribution in [0, 0.1) is 0 Å². The van der Waals surface area contributed by atoms with Gasteiger partial charge >= 0.3 is 0 Å². The minimum absolute atomic E-state index is 0.580. The molecule has 0 radical (unpaired) electrons. The average Bonchev–Trinajstić information content (AvgIpc) is 2.39. The zero-order valence-corrected chi connectivity index (χ0v) is 8.98. The molecular formula is C13H15N3. The molecule has 82 valence electrons. The van der Waals surface area contributed by atoms with Crippen LogP contribution in [0.3, 0.4) is 0 Å². The Hall–Kier alpha value is -1.84. The summed E-state index contributed by atoms with van der Waals surface area (Å²) in [6.45, 7) is 0.580. The average molecular weight is 213 g/mol. The first kappa shape index (κ1) is 10.7. The van der Waals surface area contributed by atoms with Crippen molar-refractivity contribution in [2.75, 3.05) is 5.43 Å². The molecule has 0 aliphatic carbocycles. The van der Waals surface area contributed by atoms with Gasteiger partial charge in [0.05, 0.1) is 0 Å². The lowest BCUT2D eigenvalue weighted by atomic mass is 10.0. The van der Waals surface area contributed by atoms with Crippen LogP contribution in [0.4, 0.5) is 5.69 Å². The van der Waals surface area contributed by atoms with E-state index in [-0.39, 0.29) is 0 Å². The second-order valence-electron chi connectivity index (χ2n) is 3.62. The van der Waals surface area contributed by atoms with Gasteiger partial charge in [0.1, 0.15) is 0 Å². The number of hydrazine groups is 1. The van der Waals surface area contributed by atoms with Crippen molar-refractivity contribution in [2.45, 2.75) is 6.54 Å². The maximum atomic E-state index is 5.55. The van der Waals surface area contributed by atoms with Crippen molar-refractivity contribution in [3.05, 3.63) is 54.1 Å². The fourth-order valence-corrected chi connectivity index (χ4v) is 1.59. The number of nitrogens with two attached hydrogens (primary N) is 2. The Bertz CT molecular complexity index is 400. The largest absolute Gasteiger partial charge is 0.326 e. The third kappa shape index (κ3) is 2.21.